The van der Waals surface area contributed by atoms with Gasteiger partial charge in [0.1, 0.15) is 22.7 Å². The Balaban J connectivity index is 1.19. The summed E-state index contributed by atoms with van der Waals surface area (Å²) in [4.78, 5) is 2.35. The number of ether oxygens (including phenoxy) is 1. The van der Waals surface area contributed by atoms with E-state index in [4.69, 9.17) is 9.15 Å². The highest BCUT2D eigenvalue weighted by Gasteiger charge is 2.37. The van der Waals surface area contributed by atoms with Crippen molar-refractivity contribution in [1.82, 2.24) is 0 Å². The molecule has 7 aromatic carbocycles. The van der Waals surface area contributed by atoms with Crippen molar-refractivity contribution in [3.63, 3.8) is 0 Å². The van der Waals surface area contributed by atoms with E-state index in [1.165, 1.54) is 22.3 Å². The number of rotatable bonds is 5. The van der Waals surface area contributed by atoms with Crippen molar-refractivity contribution in [2.75, 3.05) is 4.90 Å². The van der Waals surface area contributed by atoms with E-state index in [-0.39, 0.29) is 5.41 Å². The Labute approximate surface area is 280 Å². The van der Waals surface area contributed by atoms with Gasteiger partial charge in [-0.2, -0.15) is 0 Å². The van der Waals surface area contributed by atoms with Crippen LogP contribution in [0.1, 0.15) is 25.0 Å². The van der Waals surface area contributed by atoms with E-state index in [0.717, 1.165) is 61.6 Å². The molecule has 3 nitrogen and oxygen atoms in total. The van der Waals surface area contributed by atoms with E-state index >= 15 is 0 Å². The Morgan fingerprint density at radius 2 is 1.08 bits per heavy atom. The zero-order valence-corrected chi connectivity index (χ0v) is 26.9. The average molecular weight is 620 g/mol. The van der Waals surface area contributed by atoms with Crippen LogP contribution in [0.3, 0.4) is 0 Å². The smallest absolute Gasteiger partial charge is 0.143 e. The van der Waals surface area contributed by atoms with Crippen LogP contribution in [0.5, 0.6) is 11.5 Å². The highest BCUT2D eigenvalue weighted by atomic mass is 16.5. The van der Waals surface area contributed by atoms with Crippen molar-refractivity contribution in [2.24, 2.45) is 0 Å². The Morgan fingerprint density at radius 1 is 0.458 bits per heavy atom. The predicted octanol–water partition coefficient (Wildman–Crippen LogP) is 12.8. The first kappa shape index (κ1) is 28.2. The third-order valence-corrected chi connectivity index (χ3v) is 9.72. The lowest BCUT2D eigenvalue weighted by atomic mass is 9.75. The lowest BCUT2D eigenvalue weighted by Crippen LogP contribution is -2.25. The van der Waals surface area contributed by atoms with E-state index in [2.05, 4.69) is 170 Å². The van der Waals surface area contributed by atoms with E-state index in [9.17, 15) is 0 Å². The highest BCUT2D eigenvalue weighted by Crippen LogP contribution is 2.53. The molecule has 1 aliphatic rings. The topological polar surface area (TPSA) is 25.6 Å². The molecule has 48 heavy (non-hydrogen) atoms. The van der Waals surface area contributed by atoms with Crippen LogP contribution in [0.4, 0.5) is 17.1 Å². The largest absolute Gasteiger partial charge is 0.456 e. The highest BCUT2D eigenvalue weighted by molar-refractivity contribution is 6.09. The minimum absolute atomic E-state index is 0.319. The number of para-hydroxylation sites is 1. The number of furan rings is 1. The Bertz CT molecular complexity index is 2440. The quantitative estimate of drug-likeness (QED) is 0.192. The maximum atomic E-state index is 6.80. The van der Waals surface area contributed by atoms with Gasteiger partial charge in [-0.3, -0.25) is 0 Å². The first-order valence-corrected chi connectivity index (χ1v) is 16.4. The third kappa shape index (κ3) is 4.58. The normalized spacial score (nSPS) is 13.1. The summed E-state index contributed by atoms with van der Waals surface area (Å²) in [6, 6.07) is 57.8. The standard InChI is InChI=1S/C45H33NO2/c1-45(2)38-25-27-42-43(37-18-9-10-19-40(37)47-42)44(38)48-41-26-24-36(29-39(41)45)46(34-22-20-32(21-23-34)30-12-5-3-6-13-30)35-17-11-16-33(28-35)31-14-7-4-8-15-31/h3-29H,1-2H3. The van der Waals surface area contributed by atoms with E-state index in [0.29, 0.717) is 0 Å². The Hall–Kier alpha value is -6.06. The minimum Gasteiger partial charge on any atom is -0.456 e. The molecule has 0 saturated carbocycles. The Kier molecular flexibility index (Phi) is 6.48. The summed E-state index contributed by atoms with van der Waals surface area (Å²) < 4.78 is 13.0. The maximum Gasteiger partial charge on any atom is 0.143 e. The molecule has 0 amide bonds. The van der Waals surface area contributed by atoms with Crippen LogP contribution in [0.25, 0.3) is 44.2 Å². The lowest BCUT2D eigenvalue weighted by Gasteiger charge is -2.36. The van der Waals surface area contributed by atoms with Crippen LogP contribution in [0, 0.1) is 0 Å². The fourth-order valence-electron chi connectivity index (χ4n) is 7.21. The number of nitrogens with zero attached hydrogens (tertiary/aromatic N) is 1. The monoisotopic (exact) mass is 619 g/mol. The van der Waals surface area contributed by atoms with Crippen LogP contribution in [0.15, 0.2) is 168 Å². The molecule has 0 bridgehead atoms. The van der Waals surface area contributed by atoms with Crippen molar-refractivity contribution in [3.8, 4) is 33.8 Å². The first-order valence-electron chi connectivity index (χ1n) is 16.4. The van der Waals surface area contributed by atoms with Crippen molar-refractivity contribution < 1.29 is 9.15 Å². The van der Waals surface area contributed by atoms with E-state index in [1.807, 2.05) is 12.1 Å². The summed E-state index contributed by atoms with van der Waals surface area (Å²) in [7, 11) is 0. The summed E-state index contributed by atoms with van der Waals surface area (Å²) >= 11 is 0. The molecule has 0 saturated heterocycles. The van der Waals surface area contributed by atoms with Crippen molar-refractivity contribution >= 4 is 39.0 Å². The molecule has 0 atom stereocenters. The molecule has 9 rings (SSSR count). The summed E-state index contributed by atoms with van der Waals surface area (Å²) in [6.45, 7) is 4.58. The number of hydrogen-bond acceptors (Lipinski definition) is 3. The van der Waals surface area contributed by atoms with Crippen LogP contribution < -0.4 is 9.64 Å². The molecule has 1 aliphatic heterocycles. The summed E-state index contributed by atoms with van der Waals surface area (Å²) in [5, 5.41) is 2.10. The molecule has 0 unspecified atom stereocenters. The number of fused-ring (bicyclic) bond motifs is 6. The van der Waals surface area contributed by atoms with Crippen LogP contribution in [-0.4, -0.2) is 0 Å². The Morgan fingerprint density at radius 3 is 1.85 bits per heavy atom. The second-order valence-corrected chi connectivity index (χ2v) is 13.0. The van der Waals surface area contributed by atoms with Crippen LogP contribution in [0.2, 0.25) is 0 Å². The third-order valence-electron chi connectivity index (χ3n) is 9.72. The van der Waals surface area contributed by atoms with Gasteiger partial charge in [-0.05, 0) is 76.9 Å². The van der Waals surface area contributed by atoms with Gasteiger partial charge in [-0.15, -0.1) is 0 Å². The molecule has 2 heterocycles. The van der Waals surface area contributed by atoms with Gasteiger partial charge in [0.2, 0.25) is 0 Å². The van der Waals surface area contributed by atoms with Crippen LogP contribution in [-0.2, 0) is 5.41 Å². The molecule has 3 heteroatoms. The fourth-order valence-corrected chi connectivity index (χ4v) is 7.21. The van der Waals surface area contributed by atoms with Gasteiger partial charge >= 0.3 is 0 Å². The van der Waals surface area contributed by atoms with Gasteiger partial charge in [-0.25, -0.2) is 0 Å². The second-order valence-electron chi connectivity index (χ2n) is 13.0. The molecule has 0 spiro atoms. The van der Waals surface area contributed by atoms with Gasteiger partial charge in [0.15, 0.2) is 0 Å². The molecular formula is C45H33NO2. The molecule has 1 aromatic heterocycles. The SMILES string of the molecule is CC1(C)c2cc(N(c3ccc(-c4ccccc4)cc3)c3cccc(-c4ccccc4)c3)ccc2Oc2c1ccc1oc3ccccc3c21. The lowest BCUT2D eigenvalue weighted by molar-refractivity contribution is 0.423. The molecule has 230 valence electrons. The number of hydrogen-bond donors (Lipinski definition) is 0. The van der Waals surface area contributed by atoms with Gasteiger partial charge in [0, 0.05) is 39.0 Å². The molecular weight excluding hydrogens is 587 g/mol. The molecule has 8 aromatic rings. The number of anilines is 3. The first-order chi connectivity index (χ1) is 23.5. The van der Waals surface area contributed by atoms with Crippen molar-refractivity contribution in [3.05, 3.63) is 175 Å². The zero-order chi connectivity index (χ0) is 32.2. The van der Waals surface area contributed by atoms with Crippen molar-refractivity contribution in [1.29, 1.82) is 0 Å². The fraction of sp³-hybridized carbons (Fsp3) is 0.0667. The van der Waals surface area contributed by atoms with E-state index < -0.39 is 0 Å². The number of benzene rings is 7. The average Bonchev–Trinajstić information content (AvgIpc) is 3.53. The summed E-state index contributed by atoms with van der Waals surface area (Å²) in [5.41, 5.74) is 11.7. The van der Waals surface area contributed by atoms with Crippen molar-refractivity contribution in [2.45, 2.75) is 19.3 Å². The zero-order valence-electron chi connectivity index (χ0n) is 26.9. The molecule has 0 radical (unpaired) electrons. The summed E-state index contributed by atoms with van der Waals surface area (Å²) in [5.74, 6) is 1.75. The van der Waals surface area contributed by atoms with Crippen LogP contribution >= 0.6 is 0 Å². The minimum atomic E-state index is -0.319. The van der Waals surface area contributed by atoms with Gasteiger partial charge < -0.3 is 14.1 Å². The predicted molar refractivity (Wildman–Crippen MR) is 198 cm³/mol. The second kappa shape index (κ2) is 11.0. The van der Waals surface area contributed by atoms with Gasteiger partial charge in [0.05, 0.1) is 5.39 Å². The maximum absolute atomic E-state index is 6.80. The van der Waals surface area contributed by atoms with E-state index in [1.54, 1.807) is 0 Å². The molecule has 0 fully saturated rings. The van der Waals surface area contributed by atoms with Gasteiger partial charge in [0.25, 0.3) is 0 Å². The summed E-state index contributed by atoms with van der Waals surface area (Å²) in [6.07, 6.45) is 0. The molecule has 0 aliphatic carbocycles. The van der Waals surface area contributed by atoms with Gasteiger partial charge in [-0.1, -0.05) is 123 Å². The molecule has 0 N–H and O–H groups in total.